The fourth-order valence-electron chi connectivity index (χ4n) is 1.89. The monoisotopic (exact) mass is 325 g/mol. The number of aromatic carboxylic acids is 1. The van der Waals surface area contributed by atoms with Gasteiger partial charge in [-0.05, 0) is 18.1 Å². The molecule has 0 bridgehead atoms. The smallest absolute Gasteiger partial charge is 0.336 e. The van der Waals surface area contributed by atoms with Gasteiger partial charge in [0, 0.05) is 11.4 Å². The van der Waals surface area contributed by atoms with Crippen LogP contribution >= 0.6 is 11.3 Å². The Hall–Kier alpha value is -1.70. The molecule has 0 aliphatic rings. The van der Waals surface area contributed by atoms with Crippen LogP contribution in [0.3, 0.4) is 0 Å². The van der Waals surface area contributed by atoms with Crippen molar-refractivity contribution >= 4 is 27.3 Å². The van der Waals surface area contributed by atoms with Crippen molar-refractivity contribution in [2.75, 3.05) is 0 Å². The van der Waals surface area contributed by atoms with Gasteiger partial charge in [-0.3, -0.25) is 0 Å². The minimum Gasteiger partial charge on any atom is -0.478 e. The topological polar surface area (TPSA) is 83.5 Å². The van der Waals surface area contributed by atoms with E-state index in [1.165, 1.54) is 11.4 Å². The molecule has 5 nitrogen and oxygen atoms in total. The lowest BCUT2D eigenvalue weighted by atomic mass is 10.1. The Morgan fingerprint density at radius 3 is 2.52 bits per heavy atom. The van der Waals surface area contributed by atoms with Crippen LogP contribution in [-0.4, -0.2) is 19.5 Å². The zero-order valence-corrected chi connectivity index (χ0v) is 12.9. The summed E-state index contributed by atoms with van der Waals surface area (Å²) >= 11 is 0.901. The van der Waals surface area contributed by atoms with Crippen molar-refractivity contribution in [3.05, 3.63) is 52.9 Å². The number of rotatable bonds is 6. The molecule has 0 radical (unpaired) electrons. The van der Waals surface area contributed by atoms with Crippen molar-refractivity contribution in [3.63, 3.8) is 0 Å². The highest BCUT2D eigenvalue weighted by molar-refractivity contribution is 7.91. The molecule has 0 fully saturated rings. The maximum absolute atomic E-state index is 12.3. The van der Waals surface area contributed by atoms with Crippen LogP contribution in [0.15, 0.2) is 46.0 Å². The number of nitrogens with one attached hydrogen (secondary N) is 1. The van der Waals surface area contributed by atoms with Crippen LogP contribution in [0, 0.1) is 0 Å². The molecule has 7 heteroatoms. The quantitative estimate of drug-likeness (QED) is 0.855. The molecule has 1 aromatic heterocycles. The zero-order chi connectivity index (χ0) is 15.5. The third kappa shape index (κ3) is 3.69. The fraction of sp³-hybridized carbons (Fsp3) is 0.214. The minimum absolute atomic E-state index is 0.00859. The van der Waals surface area contributed by atoms with Crippen LogP contribution in [-0.2, 0) is 10.0 Å². The summed E-state index contributed by atoms with van der Waals surface area (Å²) in [5.41, 5.74) is 0.853. The number of benzene rings is 1. The van der Waals surface area contributed by atoms with Gasteiger partial charge in [-0.1, -0.05) is 37.3 Å². The maximum atomic E-state index is 12.3. The van der Waals surface area contributed by atoms with Gasteiger partial charge >= 0.3 is 5.97 Å². The number of hydrogen-bond donors (Lipinski definition) is 2. The van der Waals surface area contributed by atoms with Gasteiger partial charge in [0.2, 0.25) is 0 Å². The Morgan fingerprint density at radius 1 is 1.33 bits per heavy atom. The summed E-state index contributed by atoms with van der Waals surface area (Å²) in [5, 5.41) is 10.2. The molecule has 2 N–H and O–H groups in total. The largest absolute Gasteiger partial charge is 0.478 e. The second kappa shape index (κ2) is 6.38. The van der Waals surface area contributed by atoms with E-state index in [4.69, 9.17) is 5.11 Å². The normalized spacial score (nSPS) is 13.0. The molecule has 0 aliphatic carbocycles. The summed E-state index contributed by atoms with van der Waals surface area (Å²) < 4.78 is 27.3. The second-order valence-corrected chi connectivity index (χ2v) is 7.30. The van der Waals surface area contributed by atoms with Gasteiger partial charge in [0.05, 0.1) is 5.56 Å². The number of carbonyl (C=O) groups is 1. The van der Waals surface area contributed by atoms with Crippen molar-refractivity contribution in [2.24, 2.45) is 0 Å². The Bertz CT molecular complexity index is 722. The molecule has 1 heterocycles. The lowest BCUT2D eigenvalue weighted by molar-refractivity contribution is 0.0697. The number of carboxylic acids is 1. The van der Waals surface area contributed by atoms with Crippen LogP contribution in [0.4, 0.5) is 0 Å². The summed E-state index contributed by atoms with van der Waals surface area (Å²) in [6.45, 7) is 1.89. The number of sulfonamides is 1. The molecule has 1 aromatic carbocycles. The number of thiophene rings is 1. The first-order valence-electron chi connectivity index (χ1n) is 6.33. The van der Waals surface area contributed by atoms with Gasteiger partial charge in [0.15, 0.2) is 0 Å². The maximum Gasteiger partial charge on any atom is 0.336 e. The van der Waals surface area contributed by atoms with Crippen molar-refractivity contribution in [1.29, 1.82) is 0 Å². The van der Waals surface area contributed by atoms with E-state index in [9.17, 15) is 13.2 Å². The molecule has 0 saturated heterocycles. The number of carboxylic acid groups (broad SMARTS) is 1. The van der Waals surface area contributed by atoms with Gasteiger partial charge in [-0.2, -0.15) is 0 Å². The Balaban J connectivity index is 2.25. The summed E-state index contributed by atoms with van der Waals surface area (Å²) in [7, 11) is -3.73. The Labute approximate surface area is 127 Å². The van der Waals surface area contributed by atoms with Gasteiger partial charge in [0.25, 0.3) is 10.0 Å². The highest BCUT2D eigenvalue weighted by atomic mass is 32.2. The SMILES string of the molecule is CCC(NS(=O)(=O)c1cc(C(=O)O)cs1)c1ccccc1. The standard InChI is InChI=1S/C14H15NO4S2/c1-2-12(10-6-4-3-5-7-10)15-21(18,19)13-8-11(9-20-13)14(16)17/h3-9,12,15H,2H2,1H3,(H,16,17). The van der Waals surface area contributed by atoms with Crippen LogP contribution in [0.5, 0.6) is 0 Å². The van der Waals surface area contributed by atoms with E-state index in [2.05, 4.69) is 4.72 Å². The summed E-state index contributed by atoms with van der Waals surface area (Å²) in [6.07, 6.45) is 0.598. The molecule has 21 heavy (non-hydrogen) atoms. The van der Waals surface area contributed by atoms with Crippen LogP contribution in [0.25, 0.3) is 0 Å². The first-order chi connectivity index (χ1) is 9.94. The Morgan fingerprint density at radius 2 is 2.00 bits per heavy atom. The first kappa shape index (κ1) is 15.7. The predicted molar refractivity (Wildman–Crippen MR) is 81.1 cm³/mol. The second-order valence-electron chi connectivity index (χ2n) is 4.45. The molecular weight excluding hydrogens is 310 g/mol. The molecule has 2 rings (SSSR count). The summed E-state index contributed by atoms with van der Waals surface area (Å²) in [6, 6.07) is 10.1. The molecule has 112 valence electrons. The average Bonchev–Trinajstić information content (AvgIpc) is 2.96. The van der Waals surface area contributed by atoms with Crippen LogP contribution in [0.1, 0.15) is 35.3 Å². The molecule has 2 aromatic rings. The third-order valence-corrected chi connectivity index (χ3v) is 5.91. The van der Waals surface area contributed by atoms with Gasteiger partial charge in [-0.15, -0.1) is 11.3 Å². The highest BCUT2D eigenvalue weighted by Gasteiger charge is 2.23. The van der Waals surface area contributed by atoms with Gasteiger partial charge in [-0.25, -0.2) is 17.9 Å². The lowest BCUT2D eigenvalue weighted by Crippen LogP contribution is -2.27. The molecule has 0 saturated carbocycles. The minimum atomic E-state index is -3.73. The van der Waals surface area contributed by atoms with Crippen LogP contribution in [0.2, 0.25) is 0 Å². The number of hydrogen-bond acceptors (Lipinski definition) is 4. The van der Waals surface area contributed by atoms with E-state index in [0.717, 1.165) is 16.9 Å². The lowest BCUT2D eigenvalue weighted by Gasteiger charge is -2.16. The van der Waals surface area contributed by atoms with E-state index >= 15 is 0 Å². The average molecular weight is 325 g/mol. The van der Waals surface area contributed by atoms with E-state index in [1.54, 1.807) is 0 Å². The van der Waals surface area contributed by atoms with Gasteiger partial charge in [0.1, 0.15) is 4.21 Å². The highest BCUT2D eigenvalue weighted by Crippen LogP contribution is 2.24. The molecule has 0 aliphatic heterocycles. The molecule has 0 amide bonds. The van der Waals surface area contributed by atoms with Crippen molar-refractivity contribution in [1.82, 2.24) is 4.72 Å². The van der Waals surface area contributed by atoms with Crippen molar-refractivity contribution in [2.45, 2.75) is 23.6 Å². The molecular formula is C14H15NO4S2. The van der Waals surface area contributed by atoms with Crippen molar-refractivity contribution < 1.29 is 18.3 Å². The predicted octanol–water partition coefficient (Wildman–Crippen LogP) is 2.88. The van der Waals surface area contributed by atoms with Crippen molar-refractivity contribution in [3.8, 4) is 0 Å². The van der Waals surface area contributed by atoms with E-state index < -0.39 is 16.0 Å². The Kier molecular flexibility index (Phi) is 4.76. The summed E-state index contributed by atoms with van der Waals surface area (Å²) in [4.78, 5) is 10.8. The first-order valence-corrected chi connectivity index (χ1v) is 8.69. The van der Waals surface area contributed by atoms with E-state index in [0.29, 0.717) is 6.42 Å². The summed E-state index contributed by atoms with van der Waals surface area (Å²) in [5.74, 6) is -1.14. The van der Waals surface area contributed by atoms with Crippen LogP contribution < -0.4 is 4.72 Å². The third-order valence-electron chi connectivity index (χ3n) is 2.99. The molecule has 0 spiro atoms. The van der Waals surface area contributed by atoms with Gasteiger partial charge < -0.3 is 5.11 Å². The zero-order valence-electron chi connectivity index (χ0n) is 11.3. The fourth-order valence-corrected chi connectivity index (χ4v) is 4.37. The van der Waals surface area contributed by atoms with E-state index in [1.807, 2.05) is 37.3 Å². The molecule has 1 atom stereocenters. The molecule has 1 unspecified atom stereocenters. The van der Waals surface area contributed by atoms with E-state index in [-0.39, 0.29) is 15.8 Å².